The van der Waals surface area contributed by atoms with Crippen molar-refractivity contribution in [1.82, 2.24) is 15.1 Å². The van der Waals surface area contributed by atoms with Crippen LogP contribution in [-0.2, 0) is 4.79 Å². The lowest BCUT2D eigenvalue weighted by Crippen LogP contribution is -2.48. The first-order chi connectivity index (χ1) is 8.81. The van der Waals surface area contributed by atoms with Gasteiger partial charge in [-0.2, -0.15) is 0 Å². The molecule has 5 nitrogen and oxygen atoms in total. The van der Waals surface area contributed by atoms with E-state index >= 15 is 0 Å². The van der Waals surface area contributed by atoms with Gasteiger partial charge in [-0.05, 0) is 19.4 Å². The van der Waals surface area contributed by atoms with Gasteiger partial charge in [0, 0.05) is 51.7 Å². The molecule has 0 saturated carbocycles. The Morgan fingerprint density at radius 3 is 2.72 bits per heavy atom. The normalized spacial score (nSPS) is 26.3. The van der Waals surface area contributed by atoms with Gasteiger partial charge in [0.05, 0.1) is 0 Å². The molecule has 5 heteroatoms. The molecular formula is C13H26N4O. The van der Waals surface area contributed by atoms with Crippen LogP contribution in [0.4, 0.5) is 0 Å². The number of carbonyl (C=O) groups is 1. The average molecular weight is 254 g/mol. The van der Waals surface area contributed by atoms with E-state index in [1.165, 1.54) is 19.3 Å². The van der Waals surface area contributed by atoms with E-state index in [0.29, 0.717) is 18.4 Å². The average Bonchev–Trinajstić information content (AvgIpc) is 2.46. The van der Waals surface area contributed by atoms with Crippen molar-refractivity contribution in [2.45, 2.75) is 31.7 Å². The van der Waals surface area contributed by atoms with Crippen LogP contribution < -0.4 is 11.1 Å². The van der Waals surface area contributed by atoms with E-state index in [2.05, 4.69) is 10.2 Å². The molecule has 1 amide bonds. The minimum Gasteiger partial charge on any atom is -0.340 e. The number of nitrogens with zero attached hydrogens (tertiary/aromatic N) is 2. The Morgan fingerprint density at radius 2 is 2.00 bits per heavy atom. The first-order valence-corrected chi connectivity index (χ1v) is 7.24. The van der Waals surface area contributed by atoms with Crippen molar-refractivity contribution in [3.63, 3.8) is 0 Å². The molecule has 1 unspecified atom stereocenters. The zero-order chi connectivity index (χ0) is 12.8. The molecule has 3 N–H and O–H groups in total. The number of hydrogen-bond donors (Lipinski definition) is 2. The molecule has 0 aromatic heterocycles. The van der Waals surface area contributed by atoms with Crippen LogP contribution in [0.3, 0.4) is 0 Å². The summed E-state index contributed by atoms with van der Waals surface area (Å²) in [5.74, 6) is 0.304. The fraction of sp³-hybridized carbons (Fsp3) is 0.923. The smallest absolute Gasteiger partial charge is 0.223 e. The monoisotopic (exact) mass is 254 g/mol. The molecule has 18 heavy (non-hydrogen) atoms. The highest BCUT2D eigenvalue weighted by molar-refractivity contribution is 5.76. The van der Waals surface area contributed by atoms with Crippen molar-refractivity contribution >= 4 is 5.91 Å². The van der Waals surface area contributed by atoms with Gasteiger partial charge in [-0.3, -0.25) is 9.69 Å². The van der Waals surface area contributed by atoms with Crippen LogP contribution in [0.25, 0.3) is 0 Å². The number of piperidine rings is 1. The molecule has 0 bridgehead atoms. The van der Waals surface area contributed by atoms with Crippen molar-refractivity contribution in [3.05, 3.63) is 0 Å². The highest BCUT2D eigenvalue weighted by atomic mass is 16.2. The first-order valence-electron chi connectivity index (χ1n) is 7.24. The second-order valence-electron chi connectivity index (χ2n) is 5.30. The number of piperazine rings is 1. The highest BCUT2D eigenvalue weighted by Gasteiger charge is 2.23. The third-order valence-corrected chi connectivity index (χ3v) is 4.10. The largest absolute Gasteiger partial charge is 0.340 e. The van der Waals surface area contributed by atoms with Crippen molar-refractivity contribution in [3.8, 4) is 0 Å². The van der Waals surface area contributed by atoms with Crippen LogP contribution in [0.1, 0.15) is 25.7 Å². The van der Waals surface area contributed by atoms with Crippen LogP contribution in [0.15, 0.2) is 0 Å². The molecule has 2 heterocycles. The van der Waals surface area contributed by atoms with Gasteiger partial charge in [0.15, 0.2) is 0 Å². The summed E-state index contributed by atoms with van der Waals surface area (Å²) in [7, 11) is 0. The topological polar surface area (TPSA) is 61.6 Å². The maximum atomic E-state index is 12.1. The number of hydrogen-bond acceptors (Lipinski definition) is 4. The van der Waals surface area contributed by atoms with Gasteiger partial charge in [0.25, 0.3) is 0 Å². The summed E-state index contributed by atoms with van der Waals surface area (Å²) in [6.45, 7) is 6.29. The molecule has 2 aliphatic heterocycles. The van der Waals surface area contributed by atoms with E-state index in [9.17, 15) is 4.79 Å². The summed E-state index contributed by atoms with van der Waals surface area (Å²) in [5, 5.41) is 3.27. The van der Waals surface area contributed by atoms with E-state index in [4.69, 9.17) is 5.73 Å². The number of rotatable bonds is 4. The molecule has 0 radical (unpaired) electrons. The second kappa shape index (κ2) is 7.07. The van der Waals surface area contributed by atoms with E-state index in [0.717, 1.165) is 45.8 Å². The molecule has 2 rings (SSSR count). The zero-order valence-corrected chi connectivity index (χ0v) is 11.2. The molecule has 2 aliphatic rings. The van der Waals surface area contributed by atoms with Gasteiger partial charge in [-0.1, -0.05) is 6.42 Å². The Hall–Kier alpha value is -0.650. The molecule has 0 aliphatic carbocycles. The van der Waals surface area contributed by atoms with Crippen LogP contribution >= 0.6 is 0 Å². The van der Waals surface area contributed by atoms with Gasteiger partial charge in [-0.25, -0.2) is 0 Å². The van der Waals surface area contributed by atoms with E-state index in [1.54, 1.807) is 0 Å². The van der Waals surface area contributed by atoms with Gasteiger partial charge in [-0.15, -0.1) is 0 Å². The third kappa shape index (κ3) is 3.67. The quantitative estimate of drug-likeness (QED) is 0.718. The van der Waals surface area contributed by atoms with E-state index in [1.807, 2.05) is 4.90 Å². The lowest BCUT2D eigenvalue weighted by atomic mass is 10.0. The zero-order valence-electron chi connectivity index (χ0n) is 11.2. The standard InChI is InChI=1S/C13H26N4O/c14-11-12-3-1-2-7-16(12)8-4-13(18)17-9-5-15-6-10-17/h12,15H,1-11,14H2. The minimum atomic E-state index is 0.304. The summed E-state index contributed by atoms with van der Waals surface area (Å²) >= 11 is 0. The number of nitrogens with one attached hydrogen (secondary N) is 1. The van der Waals surface area contributed by atoms with Crippen LogP contribution in [0, 0.1) is 0 Å². The molecular weight excluding hydrogens is 228 g/mol. The summed E-state index contributed by atoms with van der Waals surface area (Å²) in [5.41, 5.74) is 5.80. The fourth-order valence-corrected chi connectivity index (χ4v) is 2.93. The van der Waals surface area contributed by atoms with Crippen molar-refractivity contribution in [2.75, 3.05) is 45.8 Å². The van der Waals surface area contributed by atoms with Gasteiger partial charge >= 0.3 is 0 Å². The van der Waals surface area contributed by atoms with Crippen molar-refractivity contribution in [2.24, 2.45) is 5.73 Å². The van der Waals surface area contributed by atoms with Gasteiger partial charge in [0.1, 0.15) is 0 Å². The molecule has 2 saturated heterocycles. The van der Waals surface area contributed by atoms with Crippen LogP contribution in [0.2, 0.25) is 0 Å². The summed E-state index contributed by atoms with van der Waals surface area (Å²) in [6.07, 6.45) is 4.37. The summed E-state index contributed by atoms with van der Waals surface area (Å²) in [4.78, 5) is 16.5. The first kappa shape index (κ1) is 13.8. The number of amides is 1. The Labute approximate surface area is 110 Å². The van der Waals surface area contributed by atoms with E-state index in [-0.39, 0.29) is 0 Å². The minimum absolute atomic E-state index is 0.304. The molecule has 104 valence electrons. The fourth-order valence-electron chi connectivity index (χ4n) is 2.93. The number of likely N-dealkylation sites (tertiary alicyclic amines) is 1. The predicted octanol–water partition coefficient (Wildman–Crippen LogP) is -0.378. The Bertz CT molecular complexity index is 266. The van der Waals surface area contributed by atoms with Crippen molar-refractivity contribution in [1.29, 1.82) is 0 Å². The molecule has 0 spiro atoms. The Morgan fingerprint density at radius 1 is 1.22 bits per heavy atom. The highest BCUT2D eigenvalue weighted by Crippen LogP contribution is 2.16. The summed E-state index contributed by atoms with van der Waals surface area (Å²) in [6, 6.07) is 0.495. The predicted molar refractivity (Wildman–Crippen MR) is 72.3 cm³/mol. The molecule has 0 aromatic carbocycles. The molecule has 1 atom stereocenters. The van der Waals surface area contributed by atoms with Gasteiger partial charge < -0.3 is 16.0 Å². The molecule has 2 fully saturated rings. The van der Waals surface area contributed by atoms with Gasteiger partial charge in [0.2, 0.25) is 5.91 Å². The molecule has 0 aromatic rings. The van der Waals surface area contributed by atoms with Crippen LogP contribution in [-0.4, -0.2) is 67.6 Å². The lowest BCUT2D eigenvalue weighted by Gasteiger charge is -2.35. The number of carbonyl (C=O) groups excluding carboxylic acids is 1. The third-order valence-electron chi connectivity index (χ3n) is 4.10. The maximum Gasteiger partial charge on any atom is 0.223 e. The van der Waals surface area contributed by atoms with E-state index < -0.39 is 0 Å². The van der Waals surface area contributed by atoms with Crippen LogP contribution in [0.5, 0.6) is 0 Å². The van der Waals surface area contributed by atoms with Crippen molar-refractivity contribution < 1.29 is 4.79 Å². The number of nitrogens with two attached hydrogens (primary N) is 1. The lowest BCUT2D eigenvalue weighted by molar-refractivity contribution is -0.132. The maximum absolute atomic E-state index is 12.1. The SMILES string of the molecule is NCC1CCCCN1CCC(=O)N1CCNCC1. The Kier molecular flexibility index (Phi) is 5.41. The Balaban J connectivity index is 1.73. The second-order valence-corrected chi connectivity index (χ2v) is 5.30. The summed E-state index contributed by atoms with van der Waals surface area (Å²) < 4.78 is 0.